The highest BCUT2D eigenvalue weighted by molar-refractivity contribution is 7.89. The first-order valence-corrected chi connectivity index (χ1v) is 8.19. The van der Waals surface area contributed by atoms with E-state index in [0.29, 0.717) is 6.54 Å². The average molecular weight is 320 g/mol. The van der Waals surface area contributed by atoms with Crippen molar-refractivity contribution in [1.29, 1.82) is 0 Å². The Morgan fingerprint density at radius 1 is 1.50 bits per heavy atom. The van der Waals surface area contributed by atoms with E-state index < -0.39 is 15.6 Å². The number of hydrogen-bond acceptors (Lipinski definition) is 4. The number of hydrogen-bond donors (Lipinski definition) is 1. The second-order valence-corrected chi connectivity index (χ2v) is 7.50. The maximum Gasteiger partial charge on any atom is 0.266 e. The van der Waals surface area contributed by atoms with E-state index in [1.54, 1.807) is 7.05 Å². The van der Waals surface area contributed by atoms with Crippen LogP contribution in [-0.4, -0.2) is 55.8 Å². The number of likely N-dealkylation sites (tertiary alicyclic amines) is 1. The number of likely N-dealkylation sites (N-methyl/N-ethyl adjacent to an activating group) is 2. The Bertz CT molecular complexity index is 644. The van der Waals surface area contributed by atoms with E-state index in [1.807, 2.05) is 7.05 Å². The Hall–Kier alpha value is -0.890. The van der Waals surface area contributed by atoms with Crippen molar-refractivity contribution in [3.8, 4) is 0 Å². The number of rotatable bonds is 3. The molecule has 6 nitrogen and oxygen atoms in total. The van der Waals surface area contributed by atoms with Crippen molar-refractivity contribution in [2.24, 2.45) is 0 Å². The van der Waals surface area contributed by atoms with Gasteiger partial charge in [0.15, 0.2) is 0 Å². The number of aromatic amines is 1. The maximum atomic E-state index is 12.5. The molecule has 1 aromatic heterocycles. The molecule has 2 rings (SSSR count). The molecule has 20 heavy (non-hydrogen) atoms. The molecule has 8 heteroatoms. The number of piperidine rings is 1. The summed E-state index contributed by atoms with van der Waals surface area (Å²) in [5.74, 6) is 0. The van der Waals surface area contributed by atoms with Crippen molar-refractivity contribution in [2.45, 2.75) is 23.8 Å². The van der Waals surface area contributed by atoms with Gasteiger partial charge >= 0.3 is 0 Å². The minimum absolute atomic E-state index is 0.0119. The van der Waals surface area contributed by atoms with E-state index >= 15 is 0 Å². The highest BCUT2D eigenvalue weighted by Gasteiger charge is 2.30. The van der Waals surface area contributed by atoms with E-state index in [4.69, 9.17) is 11.6 Å². The molecule has 1 N–H and O–H groups in total. The van der Waals surface area contributed by atoms with Gasteiger partial charge in [0.25, 0.3) is 5.56 Å². The normalized spacial score (nSPS) is 21.3. The van der Waals surface area contributed by atoms with Gasteiger partial charge in [-0.05, 0) is 32.5 Å². The summed E-state index contributed by atoms with van der Waals surface area (Å²) >= 11 is 5.70. The third-order valence-corrected chi connectivity index (χ3v) is 5.79. The quantitative estimate of drug-likeness (QED) is 0.892. The smallest absolute Gasteiger partial charge is 0.266 e. The molecule has 112 valence electrons. The van der Waals surface area contributed by atoms with Crippen molar-refractivity contribution in [3.05, 3.63) is 27.6 Å². The Morgan fingerprint density at radius 3 is 2.80 bits per heavy atom. The lowest BCUT2D eigenvalue weighted by molar-refractivity contribution is 0.187. The van der Waals surface area contributed by atoms with Crippen LogP contribution in [0, 0.1) is 0 Å². The molecule has 1 aromatic rings. The number of nitrogens with one attached hydrogen (secondary N) is 1. The number of H-pyrrole nitrogens is 1. The molecule has 2 heterocycles. The molecule has 0 radical (unpaired) electrons. The van der Waals surface area contributed by atoms with Gasteiger partial charge < -0.3 is 9.88 Å². The lowest BCUT2D eigenvalue weighted by Crippen LogP contribution is -2.47. The Kier molecular flexibility index (Phi) is 4.53. The zero-order valence-electron chi connectivity index (χ0n) is 11.5. The molecule has 0 saturated carbocycles. The van der Waals surface area contributed by atoms with Gasteiger partial charge in [0, 0.05) is 25.8 Å². The first-order chi connectivity index (χ1) is 9.32. The van der Waals surface area contributed by atoms with Gasteiger partial charge in [-0.2, -0.15) is 4.31 Å². The summed E-state index contributed by atoms with van der Waals surface area (Å²) in [6.07, 6.45) is 2.98. The van der Waals surface area contributed by atoms with E-state index in [2.05, 4.69) is 9.88 Å². The Morgan fingerprint density at radius 2 is 2.20 bits per heavy atom. The van der Waals surface area contributed by atoms with Gasteiger partial charge in [-0.1, -0.05) is 11.6 Å². The second kappa shape index (κ2) is 5.85. The van der Waals surface area contributed by atoms with Crippen LogP contribution in [-0.2, 0) is 10.0 Å². The molecule has 1 unspecified atom stereocenters. The van der Waals surface area contributed by atoms with Crippen LogP contribution in [0.4, 0.5) is 0 Å². The van der Waals surface area contributed by atoms with Gasteiger partial charge in [0.2, 0.25) is 10.0 Å². The lowest BCUT2D eigenvalue weighted by Gasteiger charge is -2.35. The topological polar surface area (TPSA) is 73.5 Å². The highest BCUT2D eigenvalue weighted by atomic mass is 35.5. The van der Waals surface area contributed by atoms with Gasteiger partial charge in [-0.3, -0.25) is 4.79 Å². The van der Waals surface area contributed by atoms with Crippen molar-refractivity contribution >= 4 is 21.6 Å². The van der Waals surface area contributed by atoms with E-state index in [9.17, 15) is 13.2 Å². The molecule has 0 spiro atoms. The predicted molar refractivity (Wildman–Crippen MR) is 77.5 cm³/mol. The van der Waals surface area contributed by atoms with Gasteiger partial charge in [0.1, 0.15) is 5.02 Å². The SMILES string of the molecule is CN1CCCC(N(C)S(=O)(=O)c2c[nH]c(=O)c(Cl)c2)C1. The molecule has 1 saturated heterocycles. The van der Waals surface area contributed by atoms with Crippen LogP contribution in [0.3, 0.4) is 0 Å². The fourth-order valence-electron chi connectivity index (χ4n) is 2.39. The van der Waals surface area contributed by atoms with Crippen LogP contribution in [0.15, 0.2) is 22.0 Å². The van der Waals surface area contributed by atoms with Gasteiger partial charge in [-0.25, -0.2) is 8.42 Å². The summed E-state index contributed by atoms with van der Waals surface area (Å²) in [6, 6.07) is 1.13. The third-order valence-electron chi connectivity index (χ3n) is 3.62. The van der Waals surface area contributed by atoms with Crippen molar-refractivity contribution in [2.75, 3.05) is 27.2 Å². The number of nitrogens with zero attached hydrogens (tertiary/aromatic N) is 2. The minimum atomic E-state index is -3.65. The van der Waals surface area contributed by atoms with Crippen molar-refractivity contribution in [3.63, 3.8) is 0 Å². The van der Waals surface area contributed by atoms with Crippen LogP contribution in [0.1, 0.15) is 12.8 Å². The number of pyridine rings is 1. The van der Waals surface area contributed by atoms with Crippen LogP contribution in [0.2, 0.25) is 5.02 Å². The fraction of sp³-hybridized carbons (Fsp3) is 0.583. The van der Waals surface area contributed by atoms with Gasteiger partial charge in [-0.15, -0.1) is 0 Å². The monoisotopic (exact) mass is 319 g/mol. The zero-order valence-corrected chi connectivity index (χ0v) is 13.0. The number of sulfonamides is 1. The minimum Gasteiger partial charge on any atom is -0.326 e. The maximum absolute atomic E-state index is 12.5. The van der Waals surface area contributed by atoms with E-state index in [-0.39, 0.29) is 16.0 Å². The summed E-state index contributed by atoms with van der Waals surface area (Å²) in [7, 11) is -0.106. The predicted octanol–water partition coefficient (Wildman–Crippen LogP) is 0.743. The molecular weight excluding hydrogens is 302 g/mol. The summed E-state index contributed by atoms with van der Waals surface area (Å²) < 4.78 is 26.4. The molecule has 0 bridgehead atoms. The molecule has 0 aromatic carbocycles. The lowest BCUT2D eigenvalue weighted by atomic mass is 10.1. The summed E-state index contributed by atoms with van der Waals surface area (Å²) in [4.78, 5) is 15.7. The van der Waals surface area contributed by atoms with E-state index in [0.717, 1.165) is 19.4 Å². The Balaban J connectivity index is 2.29. The van der Waals surface area contributed by atoms with Crippen LogP contribution in [0.25, 0.3) is 0 Å². The number of halogens is 1. The summed E-state index contributed by atoms with van der Waals surface area (Å²) in [5.41, 5.74) is -0.495. The molecule has 1 aliphatic rings. The molecule has 1 aliphatic heterocycles. The molecule has 0 aliphatic carbocycles. The van der Waals surface area contributed by atoms with Crippen LogP contribution < -0.4 is 5.56 Å². The van der Waals surface area contributed by atoms with Crippen LogP contribution in [0.5, 0.6) is 0 Å². The molecular formula is C12H18ClN3O3S. The zero-order chi connectivity index (χ0) is 14.9. The first kappa shape index (κ1) is 15.5. The Labute approximate surface area is 123 Å². The second-order valence-electron chi connectivity index (χ2n) is 5.09. The largest absolute Gasteiger partial charge is 0.326 e. The number of aromatic nitrogens is 1. The van der Waals surface area contributed by atoms with E-state index in [1.165, 1.54) is 16.6 Å². The standard InChI is InChI=1S/C12H18ClN3O3S/c1-15-5-3-4-9(8-15)16(2)20(18,19)10-6-11(13)12(17)14-7-10/h6-7,9H,3-5,8H2,1-2H3,(H,14,17). The molecule has 1 fully saturated rings. The fourth-order valence-corrected chi connectivity index (χ4v) is 3.99. The third kappa shape index (κ3) is 3.06. The first-order valence-electron chi connectivity index (χ1n) is 6.37. The summed E-state index contributed by atoms with van der Waals surface area (Å²) in [6.45, 7) is 1.68. The van der Waals surface area contributed by atoms with Gasteiger partial charge in [0.05, 0.1) is 4.90 Å². The molecule has 0 amide bonds. The van der Waals surface area contributed by atoms with Crippen molar-refractivity contribution in [1.82, 2.24) is 14.2 Å². The highest BCUT2D eigenvalue weighted by Crippen LogP contribution is 2.21. The summed E-state index contributed by atoms with van der Waals surface area (Å²) in [5, 5.41) is -0.125. The van der Waals surface area contributed by atoms with Crippen LogP contribution >= 0.6 is 11.6 Å². The van der Waals surface area contributed by atoms with Crippen molar-refractivity contribution < 1.29 is 8.42 Å². The average Bonchev–Trinajstić information content (AvgIpc) is 2.40. The molecule has 1 atom stereocenters.